The van der Waals surface area contributed by atoms with Gasteiger partial charge < -0.3 is 14.8 Å². The number of benzene rings is 1. The summed E-state index contributed by atoms with van der Waals surface area (Å²) in [5.41, 5.74) is 1.89. The summed E-state index contributed by atoms with van der Waals surface area (Å²) in [7, 11) is 0. The number of carbonyl (C=O) groups is 1. The third-order valence-corrected chi connectivity index (χ3v) is 2.99. The molecule has 0 fully saturated rings. The molecule has 1 amide bonds. The predicted molar refractivity (Wildman–Crippen MR) is 81.4 cm³/mol. The first kappa shape index (κ1) is 15.2. The van der Waals surface area contributed by atoms with Crippen molar-refractivity contribution in [3.05, 3.63) is 52.4 Å². The largest absolute Gasteiger partial charge is 0.459 e. The van der Waals surface area contributed by atoms with E-state index in [-0.39, 0.29) is 18.3 Å². The smallest absolute Gasteiger partial charge is 0.291 e. The summed E-state index contributed by atoms with van der Waals surface area (Å²) in [5, 5.41) is 12.0. The maximum absolute atomic E-state index is 12.2. The molecule has 0 saturated carbocycles. The SMILES string of the molecule is Cc1ccoc1C(=O)Nc1cc(Cl)ccc1C#CCCO. The minimum atomic E-state index is -0.357. The van der Waals surface area contributed by atoms with Gasteiger partial charge in [0.2, 0.25) is 0 Å². The number of nitrogens with one attached hydrogen (secondary N) is 1. The van der Waals surface area contributed by atoms with E-state index in [1.165, 1.54) is 6.26 Å². The number of hydrogen-bond donors (Lipinski definition) is 2. The fraction of sp³-hybridized carbons (Fsp3) is 0.188. The van der Waals surface area contributed by atoms with E-state index in [1.807, 2.05) is 0 Å². The molecule has 0 saturated heterocycles. The van der Waals surface area contributed by atoms with Gasteiger partial charge in [-0.3, -0.25) is 4.79 Å². The van der Waals surface area contributed by atoms with Crippen LogP contribution in [0, 0.1) is 18.8 Å². The number of anilines is 1. The first-order valence-corrected chi connectivity index (χ1v) is 6.74. The molecule has 0 bridgehead atoms. The quantitative estimate of drug-likeness (QED) is 0.856. The summed E-state index contributed by atoms with van der Waals surface area (Å²) in [6, 6.07) is 6.76. The zero-order valence-corrected chi connectivity index (χ0v) is 12.2. The molecule has 5 heteroatoms. The number of hydrogen-bond acceptors (Lipinski definition) is 3. The van der Waals surface area contributed by atoms with Gasteiger partial charge in [-0.2, -0.15) is 0 Å². The first-order chi connectivity index (χ1) is 10.1. The summed E-state index contributed by atoms with van der Waals surface area (Å²) in [4.78, 5) is 12.2. The Bertz CT molecular complexity index is 710. The zero-order valence-electron chi connectivity index (χ0n) is 11.4. The Morgan fingerprint density at radius 3 is 2.90 bits per heavy atom. The van der Waals surface area contributed by atoms with Gasteiger partial charge in [-0.1, -0.05) is 23.4 Å². The summed E-state index contributed by atoms with van der Waals surface area (Å²) in [5.74, 6) is 5.60. The van der Waals surface area contributed by atoms with E-state index in [0.29, 0.717) is 22.7 Å². The van der Waals surface area contributed by atoms with Gasteiger partial charge in [0.1, 0.15) is 0 Å². The Kier molecular flexibility index (Phi) is 5.04. The molecule has 2 N–H and O–H groups in total. The molecule has 4 nitrogen and oxygen atoms in total. The number of amides is 1. The molecule has 2 aromatic rings. The molecule has 1 aromatic carbocycles. The highest BCUT2D eigenvalue weighted by atomic mass is 35.5. The molecule has 0 radical (unpaired) electrons. The number of halogens is 1. The van der Waals surface area contributed by atoms with E-state index in [2.05, 4.69) is 17.2 Å². The molecule has 1 heterocycles. The number of carbonyl (C=O) groups excluding carboxylic acids is 1. The fourth-order valence-corrected chi connectivity index (χ4v) is 1.90. The van der Waals surface area contributed by atoms with Crippen LogP contribution in [0.5, 0.6) is 0 Å². The summed E-state index contributed by atoms with van der Waals surface area (Å²) in [6.07, 6.45) is 1.83. The number of furan rings is 1. The van der Waals surface area contributed by atoms with E-state index in [0.717, 1.165) is 5.56 Å². The molecule has 108 valence electrons. The van der Waals surface area contributed by atoms with Crippen molar-refractivity contribution in [3.63, 3.8) is 0 Å². The number of aryl methyl sites for hydroxylation is 1. The number of rotatable bonds is 3. The third kappa shape index (κ3) is 3.88. The van der Waals surface area contributed by atoms with Crippen molar-refractivity contribution < 1.29 is 14.3 Å². The molecule has 0 spiro atoms. The maximum Gasteiger partial charge on any atom is 0.291 e. The van der Waals surface area contributed by atoms with Crippen molar-refractivity contribution in [3.8, 4) is 11.8 Å². The van der Waals surface area contributed by atoms with Gasteiger partial charge in [0, 0.05) is 22.6 Å². The number of aliphatic hydroxyl groups excluding tert-OH is 1. The van der Waals surface area contributed by atoms with Crippen molar-refractivity contribution in [2.75, 3.05) is 11.9 Å². The van der Waals surface area contributed by atoms with Gasteiger partial charge in [0.05, 0.1) is 18.6 Å². The Hall–Kier alpha value is -2.22. The highest BCUT2D eigenvalue weighted by Crippen LogP contribution is 2.22. The van der Waals surface area contributed by atoms with E-state index in [4.69, 9.17) is 21.1 Å². The van der Waals surface area contributed by atoms with Crippen LogP contribution < -0.4 is 5.32 Å². The van der Waals surface area contributed by atoms with Crippen LogP contribution in [0.25, 0.3) is 0 Å². The molecule has 0 unspecified atom stereocenters. The first-order valence-electron chi connectivity index (χ1n) is 6.36. The van der Waals surface area contributed by atoms with Gasteiger partial charge in [-0.05, 0) is 31.2 Å². The molecule has 0 aliphatic rings. The Balaban J connectivity index is 2.27. The Morgan fingerprint density at radius 1 is 1.43 bits per heavy atom. The van der Waals surface area contributed by atoms with Crippen LogP contribution in [0.15, 0.2) is 34.9 Å². The second kappa shape index (κ2) is 6.98. The predicted octanol–water partition coefficient (Wildman–Crippen LogP) is 3.23. The highest BCUT2D eigenvalue weighted by molar-refractivity contribution is 6.31. The van der Waals surface area contributed by atoms with Gasteiger partial charge >= 0.3 is 0 Å². The highest BCUT2D eigenvalue weighted by Gasteiger charge is 2.14. The van der Waals surface area contributed by atoms with Gasteiger partial charge in [-0.25, -0.2) is 0 Å². The van der Waals surface area contributed by atoms with Gasteiger partial charge in [-0.15, -0.1) is 0 Å². The van der Waals surface area contributed by atoms with Crippen molar-refractivity contribution in [2.24, 2.45) is 0 Å². The van der Waals surface area contributed by atoms with E-state index in [1.54, 1.807) is 31.2 Å². The van der Waals surface area contributed by atoms with Crippen LogP contribution in [0.4, 0.5) is 5.69 Å². The monoisotopic (exact) mass is 303 g/mol. The minimum Gasteiger partial charge on any atom is -0.459 e. The zero-order chi connectivity index (χ0) is 15.2. The summed E-state index contributed by atoms with van der Waals surface area (Å²) < 4.78 is 5.15. The Morgan fingerprint density at radius 2 is 2.24 bits per heavy atom. The van der Waals surface area contributed by atoms with Crippen LogP contribution in [-0.2, 0) is 0 Å². The normalized spacial score (nSPS) is 9.86. The molecule has 0 aliphatic heterocycles. The molecule has 1 aromatic heterocycles. The molecule has 2 rings (SSSR count). The number of aliphatic hydroxyl groups is 1. The summed E-state index contributed by atoms with van der Waals surface area (Å²) >= 11 is 5.95. The minimum absolute atomic E-state index is 0.00608. The van der Waals surface area contributed by atoms with Crippen LogP contribution in [0.2, 0.25) is 5.02 Å². The van der Waals surface area contributed by atoms with Crippen LogP contribution in [0.1, 0.15) is 28.1 Å². The van der Waals surface area contributed by atoms with E-state index in [9.17, 15) is 4.79 Å². The fourth-order valence-electron chi connectivity index (χ4n) is 1.73. The lowest BCUT2D eigenvalue weighted by Crippen LogP contribution is -2.13. The third-order valence-electron chi connectivity index (χ3n) is 2.76. The average molecular weight is 304 g/mol. The average Bonchev–Trinajstić information content (AvgIpc) is 2.88. The molecule has 0 aliphatic carbocycles. The van der Waals surface area contributed by atoms with E-state index >= 15 is 0 Å². The maximum atomic E-state index is 12.2. The van der Waals surface area contributed by atoms with Crippen LogP contribution in [0.3, 0.4) is 0 Å². The lowest BCUT2D eigenvalue weighted by Gasteiger charge is -2.07. The van der Waals surface area contributed by atoms with Crippen molar-refractivity contribution in [1.82, 2.24) is 0 Å². The lowest BCUT2D eigenvalue weighted by atomic mass is 10.1. The standard InChI is InChI=1S/C16H14ClNO3/c1-11-7-9-21-15(11)16(20)18-14-10-13(17)6-5-12(14)4-2-3-8-19/h5-7,9-10,19H,3,8H2,1H3,(H,18,20). The Labute approximate surface area is 127 Å². The van der Waals surface area contributed by atoms with Crippen molar-refractivity contribution >= 4 is 23.2 Å². The van der Waals surface area contributed by atoms with Crippen LogP contribution in [-0.4, -0.2) is 17.6 Å². The lowest BCUT2D eigenvalue weighted by molar-refractivity contribution is 0.0996. The van der Waals surface area contributed by atoms with Gasteiger partial charge in [0.15, 0.2) is 5.76 Å². The van der Waals surface area contributed by atoms with Crippen molar-refractivity contribution in [2.45, 2.75) is 13.3 Å². The summed E-state index contributed by atoms with van der Waals surface area (Å²) in [6.45, 7) is 1.78. The second-order valence-electron chi connectivity index (χ2n) is 4.35. The molecule has 21 heavy (non-hydrogen) atoms. The van der Waals surface area contributed by atoms with E-state index < -0.39 is 0 Å². The second-order valence-corrected chi connectivity index (χ2v) is 4.79. The molecular formula is C16H14ClNO3. The molecule has 0 atom stereocenters. The molecular weight excluding hydrogens is 290 g/mol. The van der Waals surface area contributed by atoms with Crippen molar-refractivity contribution in [1.29, 1.82) is 0 Å². The van der Waals surface area contributed by atoms with Crippen LogP contribution >= 0.6 is 11.6 Å². The van der Waals surface area contributed by atoms with Gasteiger partial charge in [0.25, 0.3) is 5.91 Å². The topological polar surface area (TPSA) is 62.5 Å².